The molecule has 0 aromatic carbocycles. The standard InChI is InChI=1S/C12H22F3NO/c1-10(2)6-11(7-16-8-11)4-3-5-17-9-12(13,14)15/h10,16H,3-9H2,1-2H3. The molecule has 0 aliphatic carbocycles. The van der Waals surface area contributed by atoms with E-state index in [1.54, 1.807) is 0 Å². The summed E-state index contributed by atoms with van der Waals surface area (Å²) in [6.45, 7) is 5.43. The van der Waals surface area contributed by atoms with E-state index in [4.69, 9.17) is 0 Å². The van der Waals surface area contributed by atoms with Gasteiger partial charge >= 0.3 is 6.18 Å². The molecular formula is C12H22F3NO. The van der Waals surface area contributed by atoms with Crippen molar-refractivity contribution in [2.24, 2.45) is 11.3 Å². The fourth-order valence-electron chi connectivity index (χ4n) is 2.50. The number of alkyl halides is 3. The van der Waals surface area contributed by atoms with Crippen LogP contribution in [0.4, 0.5) is 13.2 Å². The molecule has 0 aromatic heterocycles. The summed E-state index contributed by atoms with van der Waals surface area (Å²) in [7, 11) is 0. The first kappa shape index (κ1) is 14.8. The number of nitrogens with one attached hydrogen (secondary N) is 1. The molecule has 1 saturated heterocycles. The Hall–Kier alpha value is -0.290. The Bertz CT molecular complexity index is 224. The fraction of sp³-hybridized carbons (Fsp3) is 1.00. The Kier molecular flexibility index (Phi) is 5.25. The average molecular weight is 253 g/mol. The van der Waals surface area contributed by atoms with Crippen molar-refractivity contribution in [2.75, 3.05) is 26.3 Å². The Morgan fingerprint density at radius 3 is 2.35 bits per heavy atom. The first-order valence-electron chi connectivity index (χ1n) is 6.18. The van der Waals surface area contributed by atoms with Gasteiger partial charge in [-0.05, 0) is 30.6 Å². The Balaban J connectivity index is 2.12. The van der Waals surface area contributed by atoms with Crippen LogP contribution in [0.15, 0.2) is 0 Å². The third-order valence-corrected chi connectivity index (χ3v) is 3.10. The van der Waals surface area contributed by atoms with Crippen molar-refractivity contribution in [3.63, 3.8) is 0 Å². The van der Waals surface area contributed by atoms with Crippen molar-refractivity contribution in [1.82, 2.24) is 5.32 Å². The SMILES string of the molecule is CC(C)CC1(CCCOCC(F)(F)F)CNC1. The minimum absolute atomic E-state index is 0.208. The van der Waals surface area contributed by atoms with Crippen LogP contribution in [0.1, 0.15) is 33.1 Å². The van der Waals surface area contributed by atoms with E-state index >= 15 is 0 Å². The van der Waals surface area contributed by atoms with Gasteiger partial charge < -0.3 is 10.1 Å². The van der Waals surface area contributed by atoms with Crippen LogP contribution in [0.5, 0.6) is 0 Å². The number of rotatable bonds is 7. The van der Waals surface area contributed by atoms with Gasteiger partial charge in [0, 0.05) is 19.7 Å². The van der Waals surface area contributed by atoms with E-state index in [-0.39, 0.29) is 6.61 Å². The maximum absolute atomic E-state index is 11.8. The summed E-state index contributed by atoms with van der Waals surface area (Å²) < 4.78 is 40.1. The Labute approximate surface area is 101 Å². The summed E-state index contributed by atoms with van der Waals surface area (Å²) in [5.41, 5.74) is 0.301. The van der Waals surface area contributed by atoms with Crippen LogP contribution in [-0.2, 0) is 4.74 Å². The molecule has 0 unspecified atom stereocenters. The van der Waals surface area contributed by atoms with Crippen LogP contribution in [0.25, 0.3) is 0 Å². The molecule has 17 heavy (non-hydrogen) atoms. The zero-order valence-corrected chi connectivity index (χ0v) is 10.6. The lowest BCUT2D eigenvalue weighted by Gasteiger charge is -2.44. The number of ether oxygens (including phenoxy) is 1. The molecule has 1 rings (SSSR count). The van der Waals surface area contributed by atoms with Gasteiger partial charge in [-0.25, -0.2) is 0 Å². The molecule has 2 nitrogen and oxygen atoms in total. The second-order valence-corrected chi connectivity index (χ2v) is 5.47. The zero-order chi connectivity index (χ0) is 12.9. The van der Waals surface area contributed by atoms with Crippen LogP contribution in [-0.4, -0.2) is 32.5 Å². The molecule has 1 N–H and O–H groups in total. The molecule has 1 heterocycles. The predicted molar refractivity (Wildman–Crippen MR) is 60.9 cm³/mol. The summed E-state index contributed by atoms with van der Waals surface area (Å²) in [5, 5.41) is 3.25. The van der Waals surface area contributed by atoms with E-state index in [9.17, 15) is 13.2 Å². The predicted octanol–water partition coefficient (Wildman–Crippen LogP) is 2.98. The molecule has 0 spiro atoms. The van der Waals surface area contributed by atoms with E-state index in [1.807, 2.05) is 0 Å². The molecule has 102 valence electrons. The summed E-state index contributed by atoms with van der Waals surface area (Å²) in [6.07, 6.45) is -1.40. The summed E-state index contributed by atoms with van der Waals surface area (Å²) >= 11 is 0. The molecule has 1 aliphatic heterocycles. The smallest absolute Gasteiger partial charge is 0.372 e. The molecule has 0 saturated carbocycles. The van der Waals surface area contributed by atoms with E-state index in [1.165, 1.54) is 0 Å². The van der Waals surface area contributed by atoms with Gasteiger partial charge in [0.2, 0.25) is 0 Å². The molecule has 1 fully saturated rings. The van der Waals surface area contributed by atoms with Gasteiger partial charge in [-0.1, -0.05) is 13.8 Å². The van der Waals surface area contributed by atoms with Gasteiger partial charge in [0.15, 0.2) is 0 Å². The van der Waals surface area contributed by atoms with Crippen LogP contribution in [0.3, 0.4) is 0 Å². The molecule has 0 radical (unpaired) electrons. The third kappa shape index (κ3) is 5.73. The van der Waals surface area contributed by atoms with Gasteiger partial charge in [0.05, 0.1) is 0 Å². The molecule has 0 aromatic rings. The minimum atomic E-state index is -4.20. The first-order chi connectivity index (χ1) is 7.83. The summed E-state index contributed by atoms with van der Waals surface area (Å²) in [6, 6.07) is 0. The lowest BCUT2D eigenvalue weighted by atomic mass is 9.72. The topological polar surface area (TPSA) is 21.3 Å². The molecular weight excluding hydrogens is 231 g/mol. The van der Waals surface area contributed by atoms with Gasteiger partial charge in [-0.15, -0.1) is 0 Å². The second-order valence-electron chi connectivity index (χ2n) is 5.47. The maximum Gasteiger partial charge on any atom is 0.411 e. The van der Waals surface area contributed by atoms with E-state index < -0.39 is 12.8 Å². The molecule has 0 atom stereocenters. The highest BCUT2D eigenvalue weighted by Gasteiger charge is 2.36. The van der Waals surface area contributed by atoms with Gasteiger partial charge in [0.25, 0.3) is 0 Å². The number of hydrogen-bond donors (Lipinski definition) is 1. The van der Waals surface area contributed by atoms with Crippen LogP contribution in [0.2, 0.25) is 0 Å². The van der Waals surface area contributed by atoms with Gasteiger partial charge in [-0.3, -0.25) is 0 Å². The van der Waals surface area contributed by atoms with Gasteiger partial charge in [0.1, 0.15) is 6.61 Å². The first-order valence-corrected chi connectivity index (χ1v) is 6.18. The van der Waals surface area contributed by atoms with E-state index in [2.05, 4.69) is 23.9 Å². The molecule has 0 amide bonds. The minimum Gasteiger partial charge on any atom is -0.372 e. The van der Waals surface area contributed by atoms with Crippen molar-refractivity contribution in [1.29, 1.82) is 0 Å². The van der Waals surface area contributed by atoms with Crippen LogP contribution in [0, 0.1) is 11.3 Å². The highest BCUT2D eigenvalue weighted by Crippen LogP contribution is 2.35. The number of hydrogen-bond acceptors (Lipinski definition) is 2. The van der Waals surface area contributed by atoms with Crippen molar-refractivity contribution in [3.8, 4) is 0 Å². The highest BCUT2D eigenvalue weighted by atomic mass is 19.4. The normalized spacial score (nSPS) is 19.4. The van der Waals surface area contributed by atoms with E-state index in [0.29, 0.717) is 17.8 Å². The summed E-state index contributed by atoms with van der Waals surface area (Å²) in [4.78, 5) is 0. The highest BCUT2D eigenvalue weighted by molar-refractivity contribution is 4.92. The largest absolute Gasteiger partial charge is 0.411 e. The zero-order valence-electron chi connectivity index (χ0n) is 10.6. The number of halogens is 3. The monoisotopic (exact) mass is 253 g/mol. The van der Waals surface area contributed by atoms with Crippen molar-refractivity contribution in [3.05, 3.63) is 0 Å². The molecule has 1 aliphatic rings. The quantitative estimate of drug-likeness (QED) is 0.704. The Morgan fingerprint density at radius 1 is 1.29 bits per heavy atom. The Morgan fingerprint density at radius 2 is 1.94 bits per heavy atom. The summed E-state index contributed by atoms with van der Waals surface area (Å²) in [5.74, 6) is 0.633. The molecule has 0 bridgehead atoms. The third-order valence-electron chi connectivity index (χ3n) is 3.10. The van der Waals surface area contributed by atoms with Crippen molar-refractivity contribution in [2.45, 2.75) is 39.3 Å². The van der Waals surface area contributed by atoms with E-state index in [0.717, 1.165) is 25.9 Å². The fourth-order valence-corrected chi connectivity index (χ4v) is 2.50. The lowest BCUT2D eigenvalue weighted by Crippen LogP contribution is -2.54. The average Bonchev–Trinajstić information content (AvgIpc) is 2.10. The molecule has 5 heteroatoms. The second kappa shape index (κ2) is 6.05. The van der Waals surface area contributed by atoms with Gasteiger partial charge in [-0.2, -0.15) is 13.2 Å². The maximum atomic E-state index is 11.8. The van der Waals surface area contributed by atoms with Crippen LogP contribution < -0.4 is 5.32 Å². The van der Waals surface area contributed by atoms with Crippen LogP contribution >= 0.6 is 0 Å². The van der Waals surface area contributed by atoms with Crippen molar-refractivity contribution >= 4 is 0 Å². The lowest BCUT2D eigenvalue weighted by molar-refractivity contribution is -0.174. The van der Waals surface area contributed by atoms with Crippen molar-refractivity contribution < 1.29 is 17.9 Å².